The third-order valence-electron chi connectivity index (χ3n) is 3.84. The van der Waals surface area contributed by atoms with E-state index in [0.29, 0.717) is 0 Å². The zero-order chi connectivity index (χ0) is 13.8. The van der Waals surface area contributed by atoms with Gasteiger partial charge in [-0.25, -0.2) is 4.39 Å². The van der Waals surface area contributed by atoms with E-state index in [2.05, 4.69) is 11.8 Å². The molecule has 1 aromatic carbocycles. The van der Waals surface area contributed by atoms with Gasteiger partial charge < -0.3 is 5.11 Å². The van der Waals surface area contributed by atoms with Gasteiger partial charge in [0.1, 0.15) is 5.82 Å². The van der Waals surface area contributed by atoms with Gasteiger partial charge in [-0.15, -0.1) is 0 Å². The van der Waals surface area contributed by atoms with Gasteiger partial charge in [0.05, 0.1) is 0 Å². The number of likely N-dealkylation sites (tertiary alicyclic amines) is 1. The Kier molecular flexibility index (Phi) is 4.53. The number of benzene rings is 1. The summed E-state index contributed by atoms with van der Waals surface area (Å²) in [6.45, 7) is 3.77. The van der Waals surface area contributed by atoms with E-state index < -0.39 is 5.97 Å². The highest BCUT2D eigenvalue weighted by Gasteiger charge is 2.29. The lowest BCUT2D eigenvalue weighted by molar-refractivity contribution is -0.138. The number of carboxylic acid groups (broad SMARTS) is 1. The topological polar surface area (TPSA) is 40.5 Å². The van der Waals surface area contributed by atoms with E-state index in [4.69, 9.17) is 5.11 Å². The van der Waals surface area contributed by atoms with Crippen LogP contribution in [0.15, 0.2) is 24.3 Å². The predicted octanol–water partition coefficient (Wildman–Crippen LogP) is 3.07. The molecule has 2 unspecified atom stereocenters. The quantitative estimate of drug-likeness (QED) is 0.889. The second-order valence-electron chi connectivity index (χ2n) is 5.23. The van der Waals surface area contributed by atoms with Crippen LogP contribution in [0.2, 0.25) is 0 Å². The van der Waals surface area contributed by atoms with E-state index in [1.807, 2.05) is 6.07 Å². The first-order chi connectivity index (χ1) is 9.10. The van der Waals surface area contributed by atoms with Gasteiger partial charge in [0.2, 0.25) is 0 Å². The molecule has 0 bridgehead atoms. The normalized spacial score (nSPS) is 21.5. The van der Waals surface area contributed by atoms with Gasteiger partial charge in [0, 0.05) is 19.0 Å². The molecule has 1 N–H and O–H groups in total. The Hall–Kier alpha value is -1.42. The summed E-state index contributed by atoms with van der Waals surface area (Å²) in [7, 11) is 0. The molecule has 4 heteroatoms. The monoisotopic (exact) mass is 265 g/mol. The highest BCUT2D eigenvalue weighted by Crippen LogP contribution is 2.31. The number of carbonyl (C=O) groups is 1. The molecule has 0 amide bonds. The summed E-state index contributed by atoms with van der Waals surface area (Å²) in [5.74, 6) is -0.719. The molecule has 1 heterocycles. The molecule has 2 rings (SSSR count). The number of nitrogens with zero attached hydrogens (tertiary/aromatic N) is 1. The standard InChI is InChI=1S/C15H20FNO2/c1-2-14(12-4-3-5-13(16)9-12)17-7-6-11(10-17)8-15(18)19/h3-5,9,11,14H,2,6-8,10H2,1H3,(H,18,19). The van der Waals surface area contributed by atoms with Crippen LogP contribution in [0, 0.1) is 11.7 Å². The molecular weight excluding hydrogens is 245 g/mol. The van der Waals surface area contributed by atoms with Gasteiger partial charge in [0.15, 0.2) is 0 Å². The van der Waals surface area contributed by atoms with Crippen molar-refractivity contribution in [2.24, 2.45) is 5.92 Å². The molecule has 104 valence electrons. The van der Waals surface area contributed by atoms with Gasteiger partial charge in [-0.2, -0.15) is 0 Å². The third kappa shape index (κ3) is 3.53. The second kappa shape index (κ2) is 6.15. The SMILES string of the molecule is CCC(c1cccc(F)c1)N1CCC(CC(=O)O)C1. The van der Waals surface area contributed by atoms with Crippen LogP contribution in [0.5, 0.6) is 0 Å². The highest BCUT2D eigenvalue weighted by atomic mass is 19.1. The van der Waals surface area contributed by atoms with Crippen molar-refractivity contribution in [1.82, 2.24) is 4.90 Å². The lowest BCUT2D eigenvalue weighted by Gasteiger charge is -2.27. The summed E-state index contributed by atoms with van der Waals surface area (Å²) >= 11 is 0. The molecule has 1 saturated heterocycles. The van der Waals surface area contributed by atoms with Crippen molar-refractivity contribution in [1.29, 1.82) is 0 Å². The summed E-state index contributed by atoms with van der Waals surface area (Å²) < 4.78 is 13.3. The maximum absolute atomic E-state index is 13.3. The average Bonchev–Trinajstić information content (AvgIpc) is 2.77. The van der Waals surface area contributed by atoms with E-state index >= 15 is 0 Å². The molecule has 3 nitrogen and oxygen atoms in total. The van der Waals surface area contributed by atoms with Crippen LogP contribution in [0.3, 0.4) is 0 Å². The number of hydrogen-bond donors (Lipinski definition) is 1. The zero-order valence-corrected chi connectivity index (χ0v) is 11.2. The maximum atomic E-state index is 13.3. The van der Waals surface area contributed by atoms with Gasteiger partial charge in [-0.1, -0.05) is 19.1 Å². The van der Waals surface area contributed by atoms with Gasteiger partial charge in [-0.05, 0) is 43.0 Å². The fraction of sp³-hybridized carbons (Fsp3) is 0.533. The number of halogens is 1. The lowest BCUT2D eigenvalue weighted by Crippen LogP contribution is -2.26. The Labute approximate surface area is 113 Å². The molecule has 1 aliphatic rings. The molecule has 0 aliphatic carbocycles. The van der Waals surface area contributed by atoms with Crippen LogP contribution in [0.4, 0.5) is 4.39 Å². The summed E-state index contributed by atoms with van der Waals surface area (Å²) in [5.41, 5.74) is 0.985. The molecule has 0 spiro atoms. The molecule has 19 heavy (non-hydrogen) atoms. The molecule has 1 aliphatic heterocycles. The number of carboxylic acids is 1. The molecule has 0 saturated carbocycles. The summed E-state index contributed by atoms with van der Waals surface area (Å²) in [5, 5.41) is 8.84. The fourth-order valence-corrected chi connectivity index (χ4v) is 2.98. The first kappa shape index (κ1) is 14.0. The summed E-state index contributed by atoms with van der Waals surface area (Å²) in [6.07, 6.45) is 2.05. The maximum Gasteiger partial charge on any atom is 0.303 e. The molecule has 2 atom stereocenters. The van der Waals surface area contributed by atoms with Crippen molar-refractivity contribution < 1.29 is 14.3 Å². The third-order valence-corrected chi connectivity index (χ3v) is 3.84. The molecule has 1 fully saturated rings. The second-order valence-corrected chi connectivity index (χ2v) is 5.23. The fourth-order valence-electron chi connectivity index (χ4n) is 2.98. The summed E-state index contributed by atoms with van der Waals surface area (Å²) in [6, 6.07) is 6.90. The van der Waals surface area contributed by atoms with Crippen molar-refractivity contribution >= 4 is 5.97 Å². The first-order valence-corrected chi connectivity index (χ1v) is 6.81. The number of hydrogen-bond acceptors (Lipinski definition) is 2. The van der Waals surface area contributed by atoms with Crippen molar-refractivity contribution in [2.75, 3.05) is 13.1 Å². The van der Waals surface area contributed by atoms with E-state index in [9.17, 15) is 9.18 Å². The average molecular weight is 265 g/mol. The minimum Gasteiger partial charge on any atom is -0.481 e. The lowest BCUT2D eigenvalue weighted by atomic mass is 10.0. The Balaban J connectivity index is 2.05. The Morgan fingerprint density at radius 1 is 1.58 bits per heavy atom. The van der Waals surface area contributed by atoms with Crippen LogP contribution >= 0.6 is 0 Å². The van der Waals surface area contributed by atoms with Crippen LogP contribution in [-0.2, 0) is 4.79 Å². The summed E-state index contributed by atoms with van der Waals surface area (Å²) in [4.78, 5) is 13.0. The van der Waals surface area contributed by atoms with Crippen LogP contribution in [0.25, 0.3) is 0 Å². The largest absolute Gasteiger partial charge is 0.481 e. The Bertz CT molecular complexity index is 450. The van der Waals surface area contributed by atoms with Crippen LogP contribution < -0.4 is 0 Å². The van der Waals surface area contributed by atoms with Gasteiger partial charge in [0.25, 0.3) is 0 Å². The van der Waals surface area contributed by atoms with Crippen LogP contribution in [0.1, 0.15) is 37.8 Å². The van der Waals surface area contributed by atoms with Crippen LogP contribution in [-0.4, -0.2) is 29.1 Å². The van der Waals surface area contributed by atoms with Crippen molar-refractivity contribution in [3.63, 3.8) is 0 Å². The number of rotatable bonds is 5. The highest BCUT2D eigenvalue weighted by molar-refractivity contribution is 5.67. The molecule has 0 aromatic heterocycles. The molecular formula is C15H20FNO2. The smallest absolute Gasteiger partial charge is 0.303 e. The molecule has 0 radical (unpaired) electrons. The van der Waals surface area contributed by atoms with Gasteiger partial charge >= 0.3 is 5.97 Å². The van der Waals surface area contributed by atoms with Crippen molar-refractivity contribution in [3.8, 4) is 0 Å². The first-order valence-electron chi connectivity index (χ1n) is 6.81. The Morgan fingerprint density at radius 3 is 3.00 bits per heavy atom. The number of aliphatic carboxylic acids is 1. The van der Waals surface area contributed by atoms with E-state index in [-0.39, 0.29) is 24.2 Å². The predicted molar refractivity (Wildman–Crippen MR) is 71.4 cm³/mol. The van der Waals surface area contributed by atoms with E-state index in [0.717, 1.165) is 31.5 Å². The minimum absolute atomic E-state index is 0.189. The van der Waals surface area contributed by atoms with Crippen molar-refractivity contribution in [3.05, 3.63) is 35.6 Å². The minimum atomic E-state index is -0.731. The Morgan fingerprint density at radius 2 is 2.37 bits per heavy atom. The zero-order valence-electron chi connectivity index (χ0n) is 11.2. The van der Waals surface area contributed by atoms with Crippen molar-refractivity contribution in [2.45, 2.75) is 32.2 Å². The van der Waals surface area contributed by atoms with E-state index in [1.165, 1.54) is 6.07 Å². The molecule has 1 aromatic rings. The van der Waals surface area contributed by atoms with E-state index in [1.54, 1.807) is 12.1 Å². The van der Waals surface area contributed by atoms with Gasteiger partial charge in [-0.3, -0.25) is 9.69 Å².